The highest BCUT2D eigenvalue weighted by atomic mass is 32.2. The molecule has 6 rings (SSSR count). The van der Waals surface area contributed by atoms with Gasteiger partial charge in [-0.25, -0.2) is 8.42 Å². The Balaban J connectivity index is 1.17. The molecular weight excluding hydrogens is 671 g/mol. The van der Waals surface area contributed by atoms with Crippen LogP contribution >= 0.6 is 0 Å². The zero-order chi connectivity index (χ0) is 38.1. The van der Waals surface area contributed by atoms with E-state index in [2.05, 4.69) is 63.2 Å². The highest BCUT2D eigenvalue weighted by molar-refractivity contribution is 7.91. The number of likely N-dealkylation sites (tertiary alicyclic amines) is 1. The molecule has 4 saturated carbocycles. The lowest BCUT2D eigenvalue weighted by molar-refractivity contribution is -0.241. The van der Waals surface area contributed by atoms with E-state index in [0.717, 1.165) is 45.4 Å². The van der Waals surface area contributed by atoms with E-state index in [1.165, 1.54) is 50.5 Å². The van der Waals surface area contributed by atoms with Crippen LogP contribution in [0.15, 0.2) is 12.2 Å². The van der Waals surface area contributed by atoms with Crippen molar-refractivity contribution in [2.75, 3.05) is 50.8 Å². The maximum atomic E-state index is 13.9. The summed E-state index contributed by atoms with van der Waals surface area (Å²) >= 11 is 0. The molecule has 6 fully saturated rings. The van der Waals surface area contributed by atoms with Gasteiger partial charge in [0.15, 0.2) is 9.84 Å². The minimum Gasteiger partial charge on any atom is -0.481 e. The number of aliphatic carboxylic acids is 1. The first-order valence-corrected chi connectivity index (χ1v) is 22.7. The molecule has 2 aliphatic heterocycles. The van der Waals surface area contributed by atoms with Gasteiger partial charge >= 0.3 is 5.97 Å². The minimum absolute atomic E-state index is 0.00745. The monoisotopic (exact) mass is 744 g/mol. The van der Waals surface area contributed by atoms with Crippen molar-refractivity contribution in [3.8, 4) is 0 Å². The number of carboxylic acids is 1. The van der Waals surface area contributed by atoms with E-state index < -0.39 is 21.2 Å². The van der Waals surface area contributed by atoms with Crippen molar-refractivity contribution >= 4 is 21.7 Å². The summed E-state index contributed by atoms with van der Waals surface area (Å²) < 4.78 is 23.8. The Morgan fingerprint density at radius 2 is 1.56 bits per heavy atom. The zero-order valence-electron chi connectivity index (χ0n) is 34.1. The third-order valence-electron chi connectivity index (χ3n) is 17.2. The average Bonchev–Trinajstić information content (AvgIpc) is 3.41. The second-order valence-corrected chi connectivity index (χ2v) is 23.2. The summed E-state index contributed by atoms with van der Waals surface area (Å²) in [6.07, 6.45) is 12.4. The van der Waals surface area contributed by atoms with Crippen molar-refractivity contribution in [2.24, 2.45) is 56.7 Å². The molecule has 2 saturated heterocycles. The second kappa shape index (κ2) is 13.9. The number of rotatable bonds is 11. The predicted molar refractivity (Wildman–Crippen MR) is 210 cm³/mol. The number of sulfone groups is 1. The molecule has 8 nitrogen and oxygen atoms in total. The van der Waals surface area contributed by atoms with Crippen molar-refractivity contribution in [2.45, 2.75) is 138 Å². The number of carbonyl (C=O) groups excluding carboxylic acids is 1. The first-order valence-electron chi connectivity index (χ1n) is 20.9. The number of allylic oxidation sites excluding steroid dienone is 1. The van der Waals surface area contributed by atoms with Crippen LogP contribution in [0, 0.1) is 56.7 Å². The van der Waals surface area contributed by atoms with Crippen LogP contribution in [0.3, 0.4) is 0 Å². The highest BCUT2D eigenvalue weighted by Crippen LogP contribution is 2.76. The van der Waals surface area contributed by atoms with Gasteiger partial charge in [0.05, 0.1) is 17.9 Å². The molecule has 0 aromatic heterocycles. The molecule has 1 unspecified atom stereocenters. The van der Waals surface area contributed by atoms with E-state index in [1.807, 2.05) is 13.8 Å². The lowest BCUT2D eigenvalue weighted by Crippen LogP contribution is -2.70. The Bertz CT molecular complexity index is 1500. The number of carboxylic acid groups (broad SMARTS) is 1. The van der Waals surface area contributed by atoms with Crippen LogP contribution < -0.4 is 5.32 Å². The van der Waals surface area contributed by atoms with Crippen molar-refractivity contribution in [3.05, 3.63) is 12.2 Å². The van der Waals surface area contributed by atoms with Crippen LogP contribution in [0.1, 0.15) is 132 Å². The molecule has 4 aliphatic carbocycles. The smallest absolute Gasteiger partial charge is 0.303 e. The van der Waals surface area contributed by atoms with Crippen LogP contribution in [0.4, 0.5) is 0 Å². The standard InChI is InChI=1S/C43H73N3O5S/c1-30(2)31-13-16-43(29-44-20-10-21-45-23-25-52(50,51)26-24-45)18-17-41(8)32(37(31)43)11-12-34-40(7)19-22-46(35(47)27-38(3,4)28-36(48)49)39(5,6)33(40)14-15-42(34,41)9/h31-34,37,44H,1,10-29H2,2-9H3,(H,48,49)/t31?,32-,33+,34-,37-,40+,41-,42-,43-/m1/s1. The minimum atomic E-state index is -2.84. The van der Waals surface area contributed by atoms with Crippen LogP contribution in [0.5, 0.6) is 0 Å². The van der Waals surface area contributed by atoms with Crippen molar-refractivity contribution in [1.29, 1.82) is 0 Å². The van der Waals surface area contributed by atoms with Crippen molar-refractivity contribution < 1.29 is 23.1 Å². The highest BCUT2D eigenvalue weighted by Gasteiger charge is 2.71. The Kier molecular flexibility index (Phi) is 10.8. The molecular formula is C43H73N3O5S. The molecule has 0 aromatic rings. The van der Waals surface area contributed by atoms with Gasteiger partial charge < -0.3 is 20.2 Å². The van der Waals surface area contributed by atoms with Crippen LogP contribution in [-0.2, 0) is 19.4 Å². The fourth-order valence-corrected chi connectivity index (χ4v) is 15.7. The van der Waals surface area contributed by atoms with E-state index >= 15 is 0 Å². The maximum absolute atomic E-state index is 13.9. The Morgan fingerprint density at radius 3 is 2.21 bits per heavy atom. The van der Waals surface area contributed by atoms with E-state index in [0.29, 0.717) is 59.6 Å². The summed E-state index contributed by atoms with van der Waals surface area (Å²) in [5, 5.41) is 13.4. The lowest BCUT2D eigenvalue weighted by Gasteiger charge is -2.73. The van der Waals surface area contributed by atoms with E-state index in [-0.39, 0.29) is 40.5 Å². The average molecular weight is 744 g/mol. The molecule has 1 amide bonds. The van der Waals surface area contributed by atoms with Gasteiger partial charge in [-0.3, -0.25) is 9.59 Å². The number of amides is 1. The van der Waals surface area contributed by atoms with Crippen LogP contribution in [0.2, 0.25) is 0 Å². The molecule has 9 heteroatoms. The SMILES string of the molecule is C=C(C)C1CC[C@]2(CNCCCN3CCS(=O)(=O)CC3)CC[C@]3(C)[C@H](CC[C@@H]4[C@@]5(C)CCN(C(=O)CC(C)(C)CC(=O)O)C(C)(C)[C@@H]5CC[C@]43C)[C@@H]12. The first-order chi connectivity index (χ1) is 24.1. The summed E-state index contributed by atoms with van der Waals surface area (Å²) in [5.74, 6) is 2.88. The van der Waals surface area contributed by atoms with Crippen LogP contribution in [0.25, 0.3) is 0 Å². The largest absolute Gasteiger partial charge is 0.481 e. The summed E-state index contributed by atoms with van der Waals surface area (Å²) in [5.41, 5.74) is 1.54. The first kappa shape index (κ1) is 40.2. The van der Waals surface area contributed by atoms with E-state index in [9.17, 15) is 23.1 Å². The molecule has 0 spiro atoms. The van der Waals surface area contributed by atoms with Crippen LogP contribution in [-0.4, -0.2) is 91.5 Å². The third-order valence-corrected chi connectivity index (χ3v) is 18.8. The topological polar surface area (TPSA) is 107 Å². The quantitative estimate of drug-likeness (QED) is 0.168. The Labute approximate surface area is 316 Å². The van der Waals surface area contributed by atoms with Crippen molar-refractivity contribution in [1.82, 2.24) is 15.1 Å². The maximum Gasteiger partial charge on any atom is 0.303 e. The predicted octanol–water partition coefficient (Wildman–Crippen LogP) is 7.44. The normalized spacial score (nSPS) is 41.3. The number of hydrogen-bond acceptors (Lipinski definition) is 6. The fourth-order valence-electron chi connectivity index (χ4n) is 14.5. The molecule has 2 N–H and O–H groups in total. The number of fused-ring (bicyclic) bond motifs is 7. The lowest BCUT2D eigenvalue weighted by atomic mass is 9.33. The van der Waals surface area contributed by atoms with Gasteiger partial charge in [-0.2, -0.15) is 0 Å². The Hall–Kier alpha value is -1.45. The molecule has 52 heavy (non-hydrogen) atoms. The molecule has 296 valence electrons. The molecule has 0 bridgehead atoms. The number of nitrogens with one attached hydrogen (secondary N) is 1. The summed E-state index contributed by atoms with van der Waals surface area (Å²) in [6.45, 7) is 28.5. The summed E-state index contributed by atoms with van der Waals surface area (Å²) in [4.78, 5) is 29.9. The van der Waals surface area contributed by atoms with Gasteiger partial charge in [0, 0.05) is 38.1 Å². The summed E-state index contributed by atoms with van der Waals surface area (Å²) in [6, 6.07) is 0. The van der Waals surface area contributed by atoms with Gasteiger partial charge in [0.1, 0.15) is 0 Å². The van der Waals surface area contributed by atoms with Gasteiger partial charge in [0.2, 0.25) is 5.91 Å². The second-order valence-electron chi connectivity index (χ2n) is 20.9. The van der Waals surface area contributed by atoms with Gasteiger partial charge in [-0.05, 0) is 155 Å². The number of carbonyl (C=O) groups is 2. The number of piperidine rings is 1. The molecule has 0 radical (unpaired) electrons. The number of nitrogens with zero attached hydrogens (tertiary/aromatic N) is 2. The van der Waals surface area contributed by atoms with Gasteiger partial charge in [0.25, 0.3) is 0 Å². The van der Waals surface area contributed by atoms with E-state index in [4.69, 9.17) is 0 Å². The zero-order valence-corrected chi connectivity index (χ0v) is 34.9. The third kappa shape index (κ3) is 6.85. The fraction of sp³-hybridized carbons (Fsp3) is 0.907. The molecule has 0 aromatic carbocycles. The number of hydrogen-bond donors (Lipinski definition) is 2. The molecule has 6 aliphatic rings. The van der Waals surface area contributed by atoms with Crippen molar-refractivity contribution in [3.63, 3.8) is 0 Å². The molecule has 9 atom stereocenters. The van der Waals surface area contributed by atoms with E-state index in [1.54, 1.807) is 0 Å². The summed E-state index contributed by atoms with van der Waals surface area (Å²) in [7, 11) is -2.84. The van der Waals surface area contributed by atoms with Gasteiger partial charge in [-0.15, -0.1) is 0 Å². The molecule has 2 heterocycles. The Morgan fingerprint density at radius 1 is 0.865 bits per heavy atom. The van der Waals surface area contributed by atoms with Gasteiger partial charge in [-0.1, -0.05) is 46.8 Å².